The first kappa shape index (κ1) is 23.6. The second-order valence-electron chi connectivity index (χ2n) is 7.15. The van der Waals surface area contributed by atoms with Gasteiger partial charge in [0.1, 0.15) is 6.54 Å². The van der Waals surface area contributed by atoms with Gasteiger partial charge in [0, 0.05) is 25.1 Å². The smallest absolute Gasteiger partial charge is 0.191 e. The third kappa shape index (κ3) is 6.97. The first-order valence-electron chi connectivity index (χ1n) is 10.8. The highest BCUT2D eigenvalue weighted by Crippen LogP contribution is 2.28. The number of nitrogens with one attached hydrogen (secondary N) is 2. The van der Waals surface area contributed by atoms with Crippen LogP contribution in [0.1, 0.15) is 63.0 Å². The summed E-state index contributed by atoms with van der Waals surface area (Å²) in [5.41, 5.74) is 2.24. The summed E-state index contributed by atoms with van der Waals surface area (Å²) in [6, 6.07) is 8.07. The average Bonchev–Trinajstić information content (AvgIpc) is 3.24. The number of aliphatic imine (C=N–C) groups is 1. The third-order valence-corrected chi connectivity index (χ3v) is 5.10. The van der Waals surface area contributed by atoms with Gasteiger partial charge >= 0.3 is 0 Å². The molecular formula is C23H36N4O3. The fraction of sp³-hybridized carbons (Fsp3) is 0.565. The van der Waals surface area contributed by atoms with E-state index in [4.69, 9.17) is 14.0 Å². The lowest BCUT2D eigenvalue weighted by Crippen LogP contribution is -2.37. The molecule has 0 radical (unpaired) electrons. The lowest BCUT2D eigenvalue weighted by Gasteiger charge is -2.12. The van der Waals surface area contributed by atoms with Crippen molar-refractivity contribution in [2.75, 3.05) is 27.3 Å². The minimum absolute atomic E-state index is 0.453. The van der Waals surface area contributed by atoms with Gasteiger partial charge in [0.25, 0.3) is 0 Å². The van der Waals surface area contributed by atoms with Gasteiger partial charge in [-0.3, -0.25) is 0 Å². The largest absolute Gasteiger partial charge is 0.493 e. The van der Waals surface area contributed by atoms with E-state index < -0.39 is 0 Å². The van der Waals surface area contributed by atoms with Gasteiger partial charge in [-0.05, 0) is 50.3 Å². The first-order valence-corrected chi connectivity index (χ1v) is 10.8. The lowest BCUT2D eigenvalue weighted by molar-refractivity contribution is 0.354. The molecule has 0 aliphatic rings. The fourth-order valence-electron chi connectivity index (χ4n) is 3.34. The van der Waals surface area contributed by atoms with Crippen molar-refractivity contribution < 1.29 is 14.0 Å². The summed E-state index contributed by atoms with van der Waals surface area (Å²) in [5, 5.41) is 10.9. The number of ether oxygens (including phenoxy) is 2. The predicted octanol–water partition coefficient (Wildman–Crippen LogP) is 4.28. The van der Waals surface area contributed by atoms with Gasteiger partial charge in [-0.15, -0.1) is 0 Å². The monoisotopic (exact) mass is 416 g/mol. The summed E-state index contributed by atoms with van der Waals surface area (Å²) in [5.74, 6) is 3.54. The van der Waals surface area contributed by atoms with Crippen molar-refractivity contribution in [1.82, 2.24) is 15.8 Å². The molecule has 0 spiro atoms. The maximum absolute atomic E-state index is 5.47. The molecule has 0 saturated carbocycles. The molecule has 0 atom stereocenters. The molecule has 7 nitrogen and oxygen atoms in total. The van der Waals surface area contributed by atoms with Crippen LogP contribution in [-0.4, -0.2) is 38.4 Å². The van der Waals surface area contributed by atoms with Crippen molar-refractivity contribution in [1.29, 1.82) is 0 Å². The van der Waals surface area contributed by atoms with Crippen LogP contribution in [0.4, 0.5) is 0 Å². The van der Waals surface area contributed by atoms with Crippen LogP contribution in [0.15, 0.2) is 33.8 Å². The number of guanidine groups is 1. The Morgan fingerprint density at radius 3 is 2.50 bits per heavy atom. The van der Waals surface area contributed by atoms with Crippen molar-refractivity contribution in [3.8, 4) is 11.5 Å². The molecule has 30 heavy (non-hydrogen) atoms. The fourth-order valence-corrected chi connectivity index (χ4v) is 3.34. The molecule has 2 rings (SSSR count). The molecule has 0 saturated heterocycles. The van der Waals surface area contributed by atoms with E-state index in [9.17, 15) is 0 Å². The Bertz CT molecular complexity index is 785. The van der Waals surface area contributed by atoms with E-state index in [1.54, 1.807) is 14.2 Å². The highest BCUT2D eigenvalue weighted by Gasteiger charge is 2.12. The van der Waals surface area contributed by atoms with Crippen LogP contribution >= 0.6 is 0 Å². The van der Waals surface area contributed by atoms with Gasteiger partial charge in [0.2, 0.25) is 0 Å². The van der Waals surface area contributed by atoms with Crippen molar-refractivity contribution in [3.63, 3.8) is 0 Å². The van der Waals surface area contributed by atoms with E-state index >= 15 is 0 Å². The van der Waals surface area contributed by atoms with E-state index in [0.717, 1.165) is 67.7 Å². The van der Waals surface area contributed by atoms with Crippen molar-refractivity contribution in [2.24, 2.45) is 4.99 Å². The zero-order valence-electron chi connectivity index (χ0n) is 19.0. The number of hydrogen-bond acceptors (Lipinski definition) is 5. The highest BCUT2D eigenvalue weighted by molar-refractivity contribution is 5.79. The summed E-state index contributed by atoms with van der Waals surface area (Å²) in [6.07, 6.45) is 4.04. The molecule has 7 heteroatoms. The summed E-state index contributed by atoms with van der Waals surface area (Å²) < 4.78 is 16.1. The zero-order chi connectivity index (χ0) is 21.8. The average molecular weight is 417 g/mol. The van der Waals surface area contributed by atoms with E-state index in [1.807, 2.05) is 18.2 Å². The summed E-state index contributed by atoms with van der Waals surface area (Å²) >= 11 is 0. The van der Waals surface area contributed by atoms with Crippen LogP contribution in [0, 0.1) is 0 Å². The molecule has 0 aliphatic heterocycles. The highest BCUT2D eigenvalue weighted by atomic mass is 16.5. The van der Waals surface area contributed by atoms with E-state index in [2.05, 4.69) is 47.6 Å². The Kier molecular flexibility index (Phi) is 10.0. The second-order valence-corrected chi connectivity index (χ2v) is 7.15. The topological polar surface area (TPSA) is 80.9 Å². The van der Waals surface area contributed by atoms with Crippen LogP contribution in [0.5, 0.6) is 11.5 Å². The van der Waals surface area contributed by atoms with Crippen LogP contribution in [0.3, 0.4) is 0 Å². The zero-order valence-corrected chi connectivity index (χ0v) is 19.0. The molecule has 0 aliphatic carbocycles. The third-order valence-electron chi connectivity index (χ3n) is 5.10. The molecule has 166 valence electrons. The van der Waals surface area contributed by atoms with Gasteiger partial charge in [-0.25, -0.2) is 4.99 Å². The van der Waals surface area contributed by atoms with E-state index in [1.165, 1.54) is 5.56 Å². The normalized spacial score (nSPS) is 11.6. The molecular weight excluding hydrogens is 380 g/mol. The number of methoxy groups -OCH3 is 2. The molecule has 1 aromatic heterocycles. The Labute approximate surface area is 180 Å². The van der Waals surface area contributed by atoms with Gasteiger partial charge in [-0.1, -0.05) is 25.1 Å². The Morgan fingerprint density at radius 1 is 1.07 bits per heavy atom. The Morgan fingerprint density at radius 2 is 1.83 bits per heavy atom. The SMILES string of the molecule is CCNC(=NCc1cc(C(CC)CC)no1)NCCCc1ccc(OC)c(OC)c1. The number of benzene rings is 1. The minimum atomic E-state index is 0.453. The van der Waals surface area contributed by atoms with Gasteiger partial charge in [-0.2, -0.15) is 0 Å². The van der Waals surface area contributed by atoms with Crippen molar-refractivity contribution in [3.05, 3.63) is 41.3 Å². The number of aryl methyl sites for hydroxylation is 1. The van der Waals surface area contributed by atoms with Gasteiger partial charge in [0.05, 0.1) is 19.9 Å². The second kappa shape index (κ2) is 12.8. The van der Waals surface area contributed by atoms with Crippen LogP contribution in [0.2, 0.25) is 0 Å². The molecule has 0 fully saturated rings. The predicted molar refractivity (Wildman–Crippen MR) is 121 cm³/mol. The number of aromatic nitrogens is 1. The Balaban J connectivity index is 1.85. The van der Waals surface area contributed by atoms with Gasteiger partial charge < -0.3 is 24.6 Å². The molecule has 1 heterocycles. The minimum Gasteiger partial charge on any atom is -0.493 e. The number of rotatable bonds is 12. The van der Waals surface area contributed by atoms with E-state index in [-0.39, 0.29) is 0 Å². The number of nitrogens with zero attached hydrogens (tertiary/aromatic N) is 2. The summed E-state index contributed by atoms with van der Waals surface area (Å²) in [4.78, 5) is 4.63. The molecule has 2 aromatic rings. The summed E-state index contributed by atoms with van der Waals surface area (Å²) in [6.45, 7) is 8.50. The maximum Gasteiger partial charge on any atom is 0.191 e. The van der Waals surface area contributed by atoms with Crippen LogP contribution in [0.25, 0.3) is 0 Å². The molecule has 1 aromatic carbocycles. The summed E-state index contributed by atoms with van der Waals surface area (Å²) in [7, 11) is 3.30. The van der Waals surface area contributed by atoms with Crippen LogP contribution < -0.4 is 20.1 Å². The maximum atomic E-state index is 5.47. The molecule has 0 unspecified atom stereocenters. The molecule has 2 N–H and O–H groups in total. The van der Waals surface area contributed by atoms with Crippen molar-refractivity contribution in [2.45, 2.75) is 58.9 Å². The molecule has 0 bridgehead atoms. The number of hydrogen-bond donors (Lipinski definition) is 2. The van der Waals surface area contributed by atoms with Gasteiger partial charge in [0.15, 0.2) is 23.2 Å². The standard InChI is InChI=1S/C23H36N4O3/c1-6-18(7-2)20-15-19(30-27-20)16-26-23(24-8-3)25-13-9-10-17-11-12-21(28-4)22(14-17)29-5/h11-12,14-15,18H,6-10,13,16H2,1-5H3,(H2,24,25,26). The van der Waals surface area contributed by atoms with Crippen molar-refractivity contribution >= 4 is 5.96 Å². The lowest BCUT2D eigenvalue weighted by atomic mass is 9.99. The Hall–Kier alpha value is -2.70. The quantitative estimate of drug-likeness (QED) is 0.305. The molecule has 0 amide bonds. The van der Waals surface area contributed by atoms with Crippen LogP contribution in [-0.2, 0) is 13.0 Å². The first-order chi connectivity index (χ1) is 14.6. The van der Waals surface area contributed by atoms with E-state index in [0.29, 0.717) is 12.5 Å².